The van der Waals surface area contributed by atoms with Crippen molar-refractivity contribution < 1.29 is 9.53 Å². The molecule has 170 valence electrons. The summed E-state index contributed by atoms with van der Waals surface area (Å²) in [7, 11) is 0. The number of nitrogens with zero attached hydrogens (tertiary/aromatic N) is 3. The molecule has 7 heteroatoms. The number of fused-ring (bicyclic) bond motifs is 1. The molecule has 32 heavy (non-hydrogen) atoms. The van der Waals surface area contributed by atoms with Crippen LogP contribution in [0.2, 0.25) is 0 Å². The predicted octanol–water partition coefficient (Wildman–Crippen LogP) is 5.59. The highest BCUT2D eigenvalue weighted by Crippen LogP contribution is 2.28. The number of rotatable bonds is 5. The summed E-state index contributed by atoms with van der Waals surface area (Å²) in [6, 6.07) is 16.8. The third-order valence-electron chi connectivity index (χ3n) is 5.62. The van der Waals surface area contributed by atoms with Gasteiger partial charge in [-0.15, -0.1) is 0 Å². The van der Waals surface area contributed by atoms with Gasteiger partial charge in [-0.1, -0.05) is 40.2 Å². The zero-order valence-corrected chi connectivity index (χ0v) is 20.6. The van der Waals surface area contributed by atoms with Crippen molar-refractivity contribution in [3.8, 4) is 0 Å². The lowest BCUT2D eigenvalue weighted by molar-refractivity contribution is 0.0517. The highest BCUT2D eigenvalue weighted by atomic mass is 79.9. The molecule has 1 amide bonds. The van der Waals surface area contributed by atoms with Crippen LogP contribution in [0.3, 0.4) is 0 Å². The second-order valence-corrected chi connectivity index (χ2v) is 10.4. The van der Waals surface area contributed by atoms with E-state index in [0.29, 0.717) is 12.5 Å². The molecule has 1 aliphatic heterocycles. The van der Waals surface area contributed by atoms with Crippen molar-refractivity contribution in [2.45, 2.75) is 45.8 Å². The van der Waals surface area contributed by atoms with E-state index >= 15 is 0 Å². The van der Waals surface area contributed by atoms with E-state index in [9.17, 15) is 4.79 Å². The number of hydrogen-bond acceptors (Lipinski definition) is 4. The number of halogens is 1. The molecule has 1 fully saturated rings. The van der Waals surface area contributed by atoms with Crippen molar-refractivity contribution in [1.82, 2.24) is 14.9 Å². The van der Waals surface area contributed by atoms with Crippen molar-refractivity contribution in [1.29, 1.82) is 0 Å². The molecule has 6 nitrogen and oxygen atoms in total. The fourth-order valence-electron chi connectivity index (χ4n) is 4.19. The molecule has 1 atom stereocenters. The van der Waals surface area contributed by atoms with Gasteiger partial charge in [0.25, 0.3) is 0 Å². The van der Waals surface area contributed by atoms with Gasteiger partial charge in [0.2, 0.25) is 5.95 Å². The van der Waals surface area contributed by atoms with Gasteiger partial charge in [-0.2, -0.15) is 0 Å². The summed E-state index contributed by atoms with van der Waals surface area (Å²) in [6.07, 6.45) is 1.80. The van der Waals surface area contributed by atoms with E-state index in [1.54, 1.807) is 0 Å². The van der Waals surface area contributed by atoms with Gasteiger partial charge in [0, 0.05) is 24.1 Å². The molecule has 2 heterocycles. The third-order valence-corrected chi connectivity index (χ3v) is 6.15. The van der Waals surface area contributed by atoms with Gasteiger partial charge in [0.1, 0.15) is 5.60 Å². The van der Waals surface area contributed by atoms with Crippen molar-refractivity contribution >= 4 is 39.0 Å². The number of benzene rings is 2. The highest BCUT2D eigenvalue weighted by Gasteiger charge is 2.25. The van der Waals surface area contributed by atoms with E-state index in [1.807, 2.05) is 26.8 Å². The summed E-state index contributed by atoms with van der Waals surface area (Å²) in [5, 5.41) is 2.95. The number of ether oxygens (including phenoxy) is 1. The van der Waals surface area contributed by atoms with Crippen LogP contribution in [0.5, 0.6) is 0 Å². The van der Waals surface area contributed by atoms with Gasteiger partial charge in [-0.05, 0) is 69.4 Å². The zero-order valence-electron chi connectivity index (χ0n) is 19.0. The van der Waals surface area contributed by atoms with Crippen molar-refractivity contribution in [3.05, 3.63) is 58.6 Å². The largest absolute Gasteiger partial charge is 0.444 e. The first kappa shape index (κ1) is 22.6. The number of nitrogens with one attached hydrogen (secondary N) is 1. The lowest BCUT2D eigenvalue weighted by Gasteiger charge is -2.34. The van der Waals surface area contributed by atoms with Crippen LogP contribution in [0.25, 0.3) is 11.0 Å². The molecule has 0 aliphatic carbocycles. The average molecular weight is 499 g/mol. The Bertz CT molecular complexity index is 1070. The number of carbonyl (C=O) groups excluding carboxylic acids is 1. The summed E-state index contributed by atoms with van der Waals surface area (Å²) in [5.41, 5.74) is 2.89. The van der Waals surface area contributed by atoms with Crippen LogP contribution in [0.4, 0.5) is 10.7 Å². The molecular formula is C25H31BrN4O2. The first-order chi connectivity index (χ1) is 15.3. The molecule has 1 N–H and O–H groups in total. The zero-order chi connectivity index (χ0) is 22.7. The van der Waals surface area contributed by atoms with Gasteiger partial charge in [0.05, 0.1) is 17.6 Å². The molecule has 0 saturated carbocycles. The molecular weight excluding hydrogens is 468 g/mol. The van der Waals surface area contributed by atoms with Gasteiger partial charge in [-0.3, -0.25) is 0 Å². The Labute approximate surface area is 198 Å². The Balaban J connectivity index is 1.52. The number of alkyl carbamates (subject to hydrolysis) is 1. The molecule has 4 rings (SSSR count). The minimum absolute atomic E-state index is 0.350. The lowest BCUT2D eigenvalue weighted by atomic mass is 9.98. The van der Waals surface area contributed by atoms with E-state index in [-0.39, 0.29) is 6.09 Å². The maximum Gasteiger partial charge on any atom is 0.407 e. The molecule has 0 radical (unpaired) electrons. The molecule has 0 spiro atoms. The third kappa shape index (κ3) is 5.63. The molecule has 1 unspecified atom stereocenters. The normalized spacial score (nSPS) is 16.9. The monoisotopic (exact) mass is 498 g/mol. The van der Waals surface area contributed by atoms with Crippen molar-refractivity contribution in [3.63, 3.8) is 0 Å². The number of amides is 1. The second kappa shape index (κ2) is 9.53. The summed E-state index contributed by atoms with van der Waals surface area (Å²) in [4.78, 5) is 19.4. The molecule has 1 aliphatic rings. The standard InChI is InChI=1S/C25H31BrN4O2/c1-25(2,3)32-24(31)27-15-19-7-6-14-29(16-19)23-28-21-8-4-5-9-22(21)30(23)17-18-10-12-20(26)13-11-18/h4-5,8-13,19H,6-7,14-17H2,1-3H3,(H,27,31). The minimum Gasteiger partial charge on any atom is -0.444 e. The molecule has 3 aromatic rings. The Kier molecular flexibility index (Phi) is 6.74. The Hall–Kier alpha value is -2.54. The topological polar surface area (TPSA) is 59.4 Å². The summed E-state index contributed by atoms with van der Waals surface area (Å²) < 4.78 is 8.78. The number of aromatic nitrogens is 2. The van der Waals surface area contributed by atoms with Crippen LogP contribution in [-0.2, 0) is 11.3 Å². The van der Waals surface area contributed by atoms with Gasteiger partial charge in [-0.25, -0.2) is 9.78 Å². The maximum atomic E-state index is 12.1. The van der Waals surface area contributed by atoms with Crippen LogP contribution < -0.4 is 10.2 Å². The number of hydrogen-bond donors (Lipinski definition) is 1. The minimum atomic E-state index is -0.486. The van der Waals surface area contributed by atoms with Crippen LogP contribution in [0.15, 0.2) is 53.0 Å². The molecule has 1 aromatic heterocycles. The van der Waals surface area contributed by atoms with E-state index in [2.05, 4.69) is 73.2 Å². The smallest absolute Gasteiger partial charge is 0.407 e. The Morgan fingerprint density at radius 1 is 1.19 bits per heavy atom. The van der Waals surface area contributed by atoms with E-state index < -0.39 is 5.60 Å². The Morgan fingerprint density at radius 3 is 2.69 bits per heavy atom. The summed E-state index contributed by atoms with van der Waals surface area (Å²) >= 11 is 3.52. The number of para-hydroxylation sites is 2. The fourth-order valence-corrected chi connectivity index (χ4v) is 4.45. The lowest BCUT2D eigenvalue weighted by Crippen LogP contribution is -2.43. The van der Waals surface area contributed by atoms with E-state index in [0.717, 1.165) is 53.9 Å². The van der Waals surface area contributed by atoms with Gasteiger partial charge < -0.3 is 19.5 Å². The van der Waals surface area contributed by atoms with Crippen LogP contribution >= 0.6 is 15.9 Å². The van der Waals surface area contributed by atoms with Crippen LogP contribution in [0.1, 0.15) is 39.2 Å². The maximum absolute atomic E-state index is 12.1. The summed E-state index contributed by atoms with van der Waals surface area (Å²) in [6.45, 7) is 8.84. The number of piperidine rings is 1. The Morgan fingerprint density at radius 2 is 1.94 bits per heavy atom. The fraction of sp³-hybridized carbons (Fsp3) is 0.440. The van der Waals surface area contributed by atoms with Crippen LogP contribution in [-0.4, -0.2) is 40.9 Å². The molecule has 1 saturated heterocycles. The summed E-state index contributed by atoms with van der Waals surface area (Å²) in [5.74, 6) is 1.35. The van der Waals surface area contributed by atoms with E-state index in [4.69, 9.17) is 9.72 Å². The van der Waals surface area contributed by atoms with Crippen molar-refractivity contribution in [2.24, 2.45) is 5.92 Å². The quantitative estimate of drug-likeness (QED) is 0.498. The number of carbonyl (C=O) groups is 1. The SMILES string of the molecule is CC(C)(C)OC(=O)NCC1CCCN(c2nc3ccccc3n2Cc2ccc(Br)cc2)C1. The van der Waals surface area contributed by atoms with Gasteiger partial charge in [0.15, 0.2) is 0 Å². The van der Waals surface area contributed by atoms with E-state index in [1.165, 1.54) is 5.56 Å². The first-order valence-corrected chi connectivity index (χ1v) is 12.0. The average Bonchev–Trinajstić information content (AvgIpc) is 3.11. The second-order valence-electron chi connectivity index (χ2n) is 9.45. The molecule has 0 bridgehead atoms. The molecule has 2 aromatic carbocycles. The van der Waals surface area contributed by atoms with Crippen LogP contribution in [0, 0.1) is 5.92 Å². The van der Waals surface area contributed by atoms with Crippen molar-refractivity contribution in [2.75, 3.05) is 24.5 Å². The predicted molar refractivity (Wildman–Crippen MR) is 132 cm³/mol. The number of imidazole rings is 1. The number of anilines is 1. The first-order valence-electron chi connectivity index (χ1n) is 11.2. The highest BCUT2D eigenvalue weighted by molar-refractivity contribution is 9.10. The van der Waals surface area contributed by atoms with Gasteiger partial charge >= 0.3 is 6.09 Å².